The van der Waals surface area contributed by atoms with Crippen LogP contribution in [0.4, 0.5) is 19.0 Å². The SMILES string of the molecule is O=C(NCc1nc(NCc2cccc(C(F)(F)F)c2)c2ccccc2n1)c1cccnc1. The van der Waals surface area contributed by atoms with Crippen LogP contribution in [0.25, 0.3) is 10.9 Å². The molecule has 0 aliphatic carbocycles. The summed E-state index contributed by atoms with van der Waals surface area (Å²) in [6.45, 7) is 0.225. The molecule has 2 heterocycles. The Labute approximate surface area is 181 Å². The molecule has 2 N–H and O–H groups in total. The van der Waals surface area contributed by atoms with E-state index in [0.29, 0.717) is 28.3 Å². The molecule has 0 saturated heterocycles. The first-order valence-corrected chi connectivity index (χ1v) is 9.74. The summed E-state index contributed by atoms with van der Waals surface area (Å²) in [5.74, 6) is 0.527. The van der Waals surface area contributed by atoms with Crippen LogP contribution in [-0.2, 0) is 19.3 Å². The van der Waals surface area contributed by atoms with Crippen LogP contribution in [0.3, 0.4) is 0 Å². The van der Waals surface area contributed by atoms with Gasteiger partial charge < -0.3 is 10.6 Å². The van der Waals surface area contributed by atoms with Gasteiger partial charge in [0.15, 0.2) is 5.82 Å². The number of alkyl halides is 3. The van der Waals surface area contributed by atoms with Crippen LogP contribution in [0.2, 0.25) is 0 Å². The standard InChI is InChI=1S/C23H18F3N5O/c24-23(25,26)17-7-3-5-15(11-17)12-28-21-18-8-1-2-9-19(18)30-20(31-21)14-29-22(32)16-6-4-10-27-13-16/h1-11,13H,12,14H2,(H,29,32)(H,28,30,31). The third-order valence-corrected chi connectivity index (χ3v) is 4.69. The third kappa shape index (κ3) is 5.00. The second-order valence-corrected chi connectivity index (χ2v) is 6.98. The molecule has 0 saturated carbocycles. The maximum atomic E-state index is 13.0. The van der Waals surface area contributed by atoms with Crippen molar-refractivity contribution in [3.63, 3.8) is 0 Å². The fraction of sp³-hybridized carbons (Fsp3) is 0.130. The Morgan fingerprint density at radius 1 is 0.938 bits per heavy atom. The number of carbonyl (C=O) groups is 1. The molecule has 0 radical (unpaired) electrons. The zero-order chi connectivity index (χ0) is 22.6. The van der Waals surface area contributed by atoms with Gasteiger partial charge in [0.25, 0.3) is 5.91 Å². The molecule has 0 aliphatic rings. The lowest BCUT2D eigenvalue weighted by molar-refractivity contribution is -0.137. The summed E-state index contributed by atoms with van der Waals surface area (Å²) in [7, 11) is 0. The first-order chi connectivity index (χ1) is 15.4. The number of benzene rings is 2. The number of amides is 1. The number of halogens is 3. The Morgan fingerprint density at radius 2 is 1.78 bits per heavy atom. The number of rotatable bonds is 6. The lowest BCUT2D eigenvalue weighted by Gasteiger charge is -2.13. The van der Waals surface area contributed by atoms with E-state index in [2.05, 4.69) is 25.6 Å². The van der Waals surface area contributed by atoms with Crippen molar-refractivity contribution in [2.45, 2.75) is 19.3 Å². The van der Waals surface area contributed by atoms with Gasteiger partial charge in [-0.15, -0.1) is 0 Å². The van der Waals surface area contributed by atoms with Gasteiger partial charge in [0.2, 0.25) is 0 Å². The highest BCUT2D eigenvalue weighted by Gasteiger charge is 2.30. The Kier molecular flexibility index (Phi) is 5.98. The largest absolute Gasteiger partial charge is 0.416 e. The molecule has 2 aromatic carbocycles. The quantitative estimate of drug-likeness (QED) is 0.461. The maximum absolute atomic E-state index is 13.0. The van der Waals surface area contributed by atoms with E-state index in [-0.39, 0.29) is 19.0 Å². The monoisotopic (exact) mass is 437 g/mol. The van der Waals surface area contributed by atoms with Crippen molar-refractivity contribution >= 4 is 22.6 Å². The number of nitrogens with one attached hydrogen (secondary N) is 2. The molecule has 2 aromatic heterocycles. The predicted octanol–water partition coefficient (Wildman–Crippen LogP) is 4.59. The third-order valence-electron chi connectivity index (χ3n) is 4.69. The number of pyridine rings is 1. The van der Waals surface area contributed by atoms with Gasteiger partial charge in [0, 0.05) is 24.3 Å². The lowest BCUT2D eigenvalue weighted by Crippen LogP contribution is -2.24. The molecule has 162 valence electrons. The number of para-hydroxylation sites is 1. The van der Waals surface area contributed by atoms with E-state index in [1.165, 1.54) is 12.3 Å². The molecule has 0 aliphatic heterocycles. The number of hydrogen-bond donors (Lipinski definition) is 2. The Hall–Kier alpha value is -4.01. The summed E-state index contributed by atoms with van der Waals surface area (Å²) >= 11 is 0. The average Bonchev–Trinajstić information content (AvgIpc) is 2.81. The van der Waals surface area contributed by atoms with Crippen molar-refractivity contribution in [2.75, 3.05) is 5.32 Å². The van der Waals surface area contributed by atoms with Crippen LogP contribution < -0.4 is 10.6 Å². The van der Waals surface area contributed by atoms with E-state index in [0.717, 1.165) is 17.5 Å². The van der Waals surface area contributed by atoms with Crippen molar-refractivity contribution in [3.8, 4) is 0 Å². The lowest BCUT2D eigenvalue weighted by atomic mass is 10.1. The molecule has 0 atom stereocenters. The summed E-state index contributed by atoms with van der Waals surface area (Å²) < 4.78 is 39.0. The van der Waals surface area contributed by atoms with E-state index >= 15 is 0 Å². The van der Waals surface area contributed by atoms with Crippen molar-refractivity contribution < 1.29 is 18.0 Å². The van der Waals surface area contributed by atoms with Crippen LogP contribution in [0, 0.1) is 0 Å². The predicted molar refractivity (Wildman–Crippen MR) is 114 cm³/mol. The molecular weight excluding hydrogens is 419 g/mol. The van der Waals surface area contributed by atoms with Gasteiger partial charge >= 0.3 is 6.18 Å². The van der Waals surface area contributed by atoms with Gasteiger partial charge in [-0.2, -0.15) is 13.2 Å². The highest BCUT2D eigenvalue weighted by molar-refractivity contribution is 5.93. The molecule has 0 bridgehead atoms. The first kappa shape index (κ1) is 21.2. The molecule has 6 nitrogen and oxygen atoms in total. The minimum Gasteiger partial charge on any atom is -0.365 e. The van der Waals surface area contributed by atoms with Crippen LogP contribution in [0.1, 0.15) is 27.3 Å². The zero-order valence-electron chi connectivity index (χ0n) is 16.7. The Morgan fingerprint density at radius 3 is 2.56 bits per heavy atom. The first-order valence-electron chi connectivity index (χ1n) is 9.74. The van der Waals surface area contributed by atoms with Crippen LogP contribution >= 0.6 is 0 Å². The normalized spacial score (nSPS) is 11.3. The Bertz CT molecular complexity index is 1250. The topological polar surface area (TPSA) is 79.8 Å². The summed E-state index contributed by atoms with van der Waals surface area (Å²) in [4.78, 5) is 25.1. The van der Waals surface area contributed by atoms with Crippen molar-refractivity contribution in [1.82, 2.24) is 20.3 Å². The van der Waals surface area contributed by atoms with Gasteiger partial charge in [0.1, 0.15) is 5.82 Å². The molecule has 4 rings (SSSR count). The highest BCUT2D eigenvalue weighted by atomic mass is 19.4. The maximum Gasteiger partial charge on any atom is 0.416 e. The number of nitrogens with zero attached hydrogens (tertiary/aromatic N) is 3. The number of hydrogen-bond acceptors (Lipinski definition) is 5. The number of aromatic nitrogens is 3. The molecule has 0 fully saturated rings. The summed E-state index contributed by atoms with van der Waals surface area (Å²) in [6.07, 6.45) is -1.37. The average molecular weight is 437 g/mol. The van der Waals surface area contributed by atoms with Gasteiger partial charge in [-0.1, -0.05) is 24.3 Å². The summed E-state index contributed by atoms with van der Waals surface area (Å²) in [5.41, 5.74) is 0.827. The fourth-order valence-electron chi connectivity index (χ4n) is 3.14. The van der Waals surface area contributed by atoms with Gasteiger partial charge in [-0.25, -0.2) is 9.97 Å². The molecule has 4 aromatic rings. The second-order valence-electron chi connectivity index (χ2n) is 6.98. The minimum atomic E-state index is -4.41. The van der Waals surface area contributed by atoms with Crippen LogP contribution in [-0.4, -0.2) is 20.9 Å². The Balaban J connectivity index is 1.54. The highest BCUT2D eigenvalue weighted by Crippen LogP contribution is 2.30. The van der Waals surface area contributed by atoms with E-state index in [9.17, 15) is 18.0 Å². The van der Waals surface area contributed by atoms with Gasteiger partial charge in [0.05, 0.1) is 23.2 Å². The minimum absolute atomic E-state index is 0.0802. The zero-order valence-corrected chi connectivity index (χ0v) is 16.7. The van der Waals surface area contributed by atoms with Crippen molar-refractivity contribution in [3.05, 3.63) is 95.6 Å². The van der Waals surface area contributed by atoms with E-state index in [4.69, 9.17) is 0 Å². The summed E-state index contributed by atoms with van der Waals surface area (Å²) in [5, 5.41) is 6.57. The van der Waals surface area contributed by atoms with Crippen molar-refractivity contribution in [1.29, 1.82) is 0 Å². The van der Waals surface area contributed by atoms with E-state index in [1.807, 2.05) is 18.2 Å². The number of anilines is 1. The second kappa shape index (κ2) is 9.01. The molecule has 0 spiro atoms. The van der Waals surface area contributed by atoms with E-state index in [1.54, 1.807) is 30.5 Å². The number of carbonyl (C=O) groups excluding carboxylic acids is 1. The molecule has 9 heteroatoms. The molecule has 1 amide bonds. The summed E-state index contributed by atoms with van der Waals surface area (Å²) in [6, 6.07) is 15.7. The number of fused-ring (bicyclic) bond motifs is 1. The smallest absolute Gasteiger partial charge is 0.365 e. The molecule has 32 heavy (non-hydrogen) atoms. The van der Waals surface area contributed by atoms with Gasteiger partial charge in [-0.05, 0) is 42.0 Å². The molecule has 0 unspecified atom stereocenters. The van der Waals surface area contributed by atoms with E-state index < -0.39 is 11.7 Å². The fourth-order valence-corrected chi connectivity index (χ4v) is 3.14. The van der Waals surface area contributed by atoms with Gasteiger partial charge in [-0.3, -0.25) is 9.78 Å². The molecular formula is C23H18F3N5O. The van der Waals surface area contributed by atoms with Crippen molar-refractivity contribution in [2.24, 2.45) is 0 Å². The van der Waals surface area contributed by atoms with Crippen LogP contribution in [0.5, 0.6) is 0 Å². The van der Waals surface area contributed by atoms with Crippen LogP contribution in [0.15, 0.2) is 73.1 Å².